The second kappa shape index (κ2) is 5.39. The van der Waals surface area contributed by atoms with Gasteiger partial charge in [0.2, 0.25) is 0 Å². The molecule has 5 heteroatoms. The van der Waals surface area contributed by atoms with Crippen LogP contribution in [0.2, 0.25) is 0 Å². The van der Waals surface area contributed by atoms with E-state index in [4.69, 9.17) is 10.5 Å². The van der Waals surface area contributed by atoms with Crippen LogP contribution >= 0.6 is 0 Å². The van der Waals surface area contributed by atoms with Gasteiger partial charge in [0.05, 0.1) is 12.8 Å². The maximum absolute atomic E-state index is 13.5. The van der Waals surface area contributed by atoms with Crippen molar-refractivity contribution in [3.8, 4) is 5.75 Å². The van der Waals surface area contributed by atoms with E-state index in [1.165, 1.54) is 19.2 Å². The molecule has 0 aromatic heterocycles. The fourth-order valence-electron chi connectivity index (χ4n) is 1.71. The number of hydrogen-bond donors (Lipinski definition) is 2. The van der Waals surface area contributed by atoms with E-state index in [2.05, 4.69) is 5.32 Å². The first-order valence-corrected chi connectivity index (χ1v) is 5.62. The lowest BCUT2D eigenvalue weighted by Gasteiger charge is -2.11. The molecule has 0 aliphatic heterocycles. The van der Waals surface area contributed by atoms with Gasteiger partial charge in [-0.25, -0.2) is 4.39 Å². The number of halogens is 1. The summed E-state index contributed by atoms with van der Waals surface area (Å²) >= 11 is 0. The molecule has 2 rings (SSSR count). The Hall–Kier alpha value is -2.56. The molecule has 0 unspecified atom stereocenters. The predicted molar refractivity (Wildman–Crippen MR) is 71.8 cm³/mol. The molecule has 98 valence electrons. The molecule has 0 bridgehead atoms. The van der Waals surface area contributed by atoms with E-state index in [-0.39, 0.29) is 16.9 Å². The van der Waals surface area contributed by atoms with Crippen LogP contribution < -0.4 is 15.8 Å². The third-order valence-corrected chi connectivity index (χ3v) is 2.63. The Morgan fingerprint density at radius 1 is 1.21 bits per heavy atom. The summed E-state index contributed by atoms with van der Waals surface area (Å²) in [6, 6.07) is 10.8. The normalized spacial score (nSPS) is 10.0. The first kappa shape index (κ1) is 12.9. The van der Waals surface area contributed by atoms with Gasteiger partial charge in [-0.05, 0) is 24.3 Å². The van der Waals surface area contributed by atoms with E-state index >= 15 is 0 Å². The van der Waals surface area contributed by atoms with E-state index in [1.54, 1.807) is 30.3 Å². The maximum Gasteiger partial charge on any atom is 0.261 e. The zero-order valence-electron chi connectivity index (χ0n) is 10.3. The number of hydrogen-bond acceptors (Lipinski definition) is 3. The Labute approximate surface area is 110 Å². The molecule has 0 fully saturated rings. The van der Waals surface area contributed by atoms with Crippen LogP contribution in [-0.4, -0.2) is 13.0 Å². The van der Waals surface area contributed by atoms with Crippen LogP contribution in [-0.2, 0) is 0 Å². The van der Waals surface area contributed by atoms with Crippen molar-refractivity contribution in [1.29, 1.82) is 0 Å². The fraction of sp³-hybridized carbons (Fsp3) is 0.0714. The Kier molecular flexibility index (Phi) is 3.66. The number of carbonyl (C=O) groups excluding carboxylic acids is 1. The van der Waals surface area contributed by atoms with E-state index in [0.29, 0.717) is 5.75 Å². The molecule has 3 N–H and O–H groups in total. The Morgan fingerprint density at radius 3 is 2.63 bits per heavy atom. The number of benzene rings is 2. The second-order valence-corrected chi connectivity index (χ2v) is 3.86. The molecule has 0 saturated carbocycles. The lowest BCUT2D eigenvalue weighted by molar-refractivity contribution is 0.102. The minimum Gasteiger partial charge on any atom is -0.496 e. The van der Waals surface area contributed by atoms with Crippen molar-refractivity contribution in [2.45, 2.75) is 0 Å². The largest absolute Gasteiger partial charge is 0.496 e. The molecule has 4 nitrogen and oxygen atoms in total. The van der Waals surface area contributed by atoms with Crippen LogP contribution in [0.4, 0.5) is 15.8 Å². The van der Waals surface area contributed by atoms with Crippen molar-refractivity contribution in [2.24, 2.45) is 0 Å². The SMILES string of the molecule is COc1cccc(N)c1C(=O)Nc1ccccc1F. The van der Waals surface area contributed by atoms with Crippen LogP contribution in [0, 0.1) is 5.82 Å². The van der Waals surface area contributed by atoms with Crippen molar-refractivity contribution in [3.63, 3.8) is 0 Å². The summed E-state index contributed by atoms with van der Waals surface area (Å²) in [5.74, 6) is -0.682. The summed E-state index contributed by atoms with van der Waals surface area (Å²) in [4.78, 5) is 12.1. The lowest BCUT2D eigenvalue weighted by atomic mass is 10.1. The quantitative estimate of drug-likeness (QED) is 0.834. The van der Waals surface area contributed by atoms with E-state index < -0.39 is 11.7 Å². The van der Waals surface area contributed by atoms with Crippen molar-refractivity contribution < 1.29 is 13.9 Å². The van der Waals surface area contributed by atoms with Crippen LogP contribution in [0.5, 0.6) is 5.75 Å². The number of rotatable bonds is 3. The summed E-state index contributed by atoms with van der Waals surface area (Å²) in [5, 5.41) is 2.47. The van der Waals surface area contributed by atoms with Gasteiger partial charge in [0, 0.05) is 5.69 Å². The molecule has 0 saturated heterocycles. The lowest BCUT2D eigenvalue weighted by Crippen LogP contribution is -2.16. The fourth-order valence-corrected chi connectivity index (χ4v) is 1.71. The minimum atomic E-state index is -0.514. The Bertz CT molecular complexity index is 614. The van der Waals surface area contributed by atoms with E-state index in [9.17, 15) is 9.18 Å². The van der Waals surface area contributed by atoms with Gasteiger partial charge >= 0.3 is 0 Å². The number of methoxy groups -OCH3 is 1. The predicted octanol–water partition coefficient (Wildman–Crippen LogP) is 2.67. The summed E-state index contributed by atoms with van der Waals surface area (Å²) in [6.45, 7) is 0. The number of nitrogens with two attached hydrogens (primary N) is 1. The highest BCUT2D eigenvalue weighted by atomic mass is 19.1. The van der Waals surface area contributed by atoms with E-state index in [1.807, 2.05) is 0 Å². The van der Waals surface area contributed by atoms with Crippen molar-refractivity contribution in [2.75, 3.05) is 18.2 Å². The number of amides is 1. The van der Waals surface area contributed by atoms with Crippen molar-refractivity contribution in [1.82, 2.24) is 0 Å². The summed E-state index contributed by atoms with van der Waals surface area (Å²) in [7, 11) is 1.44. The molecule has 0 atom stereocenters. The average molecular weight is 260 g/mol. The standard InChI is InChI=1S/C14H13FN2O2/c1-19-12-8-4-6-10(16)13(12)14(18)17-11-7-3-2-5-9(11)15/h2-8H,16H2,1H3,(H,17,18). The van der Waals surface area contributed by atoms with Gasteiger partial charge in [-0.1, -0.05) is 18.2 Å². The zero-order valence-corrected chi connectivity index (χ0v) is 10.3. The molecular formula is C14H13FN2O2. The maximum atomic E-state index is 13.5. The van der Waals surface area contributed by atoms with Crippen LogP contribution in [0.25, 0.3) is 0 Å². The molecule has 0 aliphatic carbocycles. The molecule has 2 aromatic carbocycles. The Balaban J connectivity index is 2.33. The van der Waals surface area contributed by atoms with Gasteiger partial charge < -0.3 is 15.8 Å². The number of nitrogens with one attached hydrogen (secondary N) is 1. The summed E-state index contributed by atoms with van der Waals surface area (Å²) in [5.41, 5.74) is 6.31. The average Bonchev–Trinajstić information content (AvgIpc) is 2.40. The van der Waals surface area contributed by atoms with Crippen LogP contribution in [0.1, 0.15) is 10.4 Å². The highest BCUT2D eigenvalue weighted by molar-refractivity contribution is 6.09. The molecule has 0 aliphatic rings. The Morgan fingerprint density at radius 2 is 1.95 bits per heavy atom. The molecule has 0 heterocycles. The van der Waals surface area contributed by atoms with Gasteiger partial charge in [-0.3, -0.25) is 4.79 Å². The highest BCUT2D eigenvalue weighted by Crippen LogP contribution is 2.25. The van der Waals surface area contributed by atoms with Gasteiger partial charge in [-0.2, -0.15) is 0 Å². The minimum absolute atomic E-state index is 0.0952. The van der Waals surface area contributed by atoms with Gasteiger partial charge in [0.25, 0.3) is 5.91 Å². The molecule has 0 spiro atoms. The zero-order chi connectivity index (χ0) is 13.8. The number of carbonyl (C=O) groups is 1. The summed E-state index contributed by atoms with van der Waals surface area (Å²) < 4.78 is 18.6. The first-order valence-electron chi connectivity index (χ1n) is 5.62. The number of nitrogen functional groups attached to an aromatic ring is 1. The number of anilines is 2. The van der Waals surface area contributed by atoms with Crippen molar-refractivity contribution in [3.05, 3.63) is 53.8 Å². The smallest absolute Gasteiger partial charge is 0.261 e. The molecule has 1 amide bonds. The molecular weight excluding hydrogens is 247 g/mol. The molecule has 2 aromatic rings. The highest BCUT2D eigenvalue weighted by Gasteiger charge is 2.16. The second-order valence-electron chi connectivity index (χ2n) is 3.86. The van der Waals surface area contributed by atoms with Gasteiger partial charge in [0.1, 0.15) is 17.1 Å². The monoisotopic (exact) mass is 260 g/mol. The third-order valence-electron chi connectivity index (χ3n) is 2.63. The molecule has 0 radical (unpaired) electrons. The number of para-hydroxylation sites is 1. The van der Waals surface area contributed by atoms with Gasteiger partial charge in [-0.15, -0.1) is 0 Å². The van der Waals surface area contributed by atoms with Crippen LogP contribution in [0.3, 0.4) is 0 Å². The van der Waals surface area contributed by atoms with Gasteiger partial charge in [0.15, 0.2) is 0 Å². The topological polar surface area (TPSA) is 64.3 Å². The molecule has 19 heavy (non-hydrogen) atoms. The first-order chi connectivity index (χ1) is 9.13. The van der Waals surface area contributed by atoms with E-state index in [0.717, 1.165) is 0 Å². The van der Waals surface area contributed by atoms with Crippen molar-refractivity contribution >= 4 is 17.3 Å². The van der Waals surface area contributed by atoms with Crippen LogP contribution in [0.15, 0.2) is 42.5 Å². The number of ether oxygens (including phenoxy) is 1. The third kappa shape index (κ3) is 2.65. The summed E-state index contributed by atoms with van der Waals surface area (Å²) in [6.07, 6.45) is 0.